The summed E-state index contributed by atoms with van der Waals surface area (Å²) in [7, 11) is 0. The first-order valence-electron chi connectivity index (χ1n) is 8.48. The van der Waals surface area contributed by atoms with Gasteiger partial charge in [0.25, 0.3) is 0 Å². The van der Waals surface area contributed by atoms with Gasteiger partial charge in [-0.25, -0.2) is 4.98 Å². The highest BCUT2D eigenvalue weighted by Gasteiger charge is 2.19. The molecule has 1 fully saturated rings. The zero-order valence-electron chi connectivity index (χ0n) is 14.3. The molecule has 3 aromatic heterocycles. The highest BCUT2D eigenvalue weighted by molar-refractivity contribution is 5.41. The molecule has 1 aliphatic rings. The maximum Gasteiger partial charge on any atom is 0.137 e. The van der Waals surface area contributed by atoms with Crippen LogP contribution >= 0.6 is 0 Å². The number of aromatic nitrogens is 3. The number of piperazine rings is 1. The van der Waals surface area contributed by atoms with Crippen LogP contribution in [0.2, 0.25) is 0 Å². The molecule has 6 nitrogen and oxygen atoms in total. The van der Waals surface area contributed by atoms with Gasteiger partial charge < -0.3 is 8.92 Å². The molecular formula is C18H23N5O. The third kappa shape index (κ3) is 3.20. The standard InChI is InChI=1S/C18H23N5O/c1-14-4-3-5-18-19-17(13-23(14)18)12-22-8-6-21(7-9-22)11-16-10-15(2)24-20-16/h3-5,10,13H,6-9,11-12H2,1-2H3. The highest BCUT2D eigenvalue weighted by atomic mass is 16.5. The average Bonchev–Trinajstić information content (AvgIpc) is 3.16. The maximum absolute atomic E-state index is 5.15. The summed E-state index contributed by atoms with van der Waals surface area (Å²) >= 11 is 0. The second-order valence-corrected chi connectivity index (χ2v) is 6.61. The molecule has 0 atom stereocenters. The molecule has 4 heterocycles. The lowest BCUT2D eigenvalue weighted by atomic mass is 10.2. The molecule has 0 saturated carbocycles. The van der Waals surface area contributed by atoms with Crippen molar-refractivity contribution in [3.63, 3.8) is 0 Å². The first-order chi connectivity index (χ1) is 11.7. The van der Waals surface area contributed by atoms with Crippen molar-refractivity contribution in [2.45, 2.75) is 26.9 Å². The van der Waals surface area contributed by atoms with Crippen LogP contribution in [-0.4, -0.2) is 50.5 Å². The van der Waals surface area contributed by atoms with Gasteiger partial charge in [-0.1, -0.05) is 11.2 Å². The van der Waals surface area contributed by atoms with Crippen LogP contribution < -0.4 is 0 Å². The molecule has 4 rings (SSSR count). The van der Waals surface area contributed by atoms with Gasteiger partial charge in [0.15, 0.2) is 0 Å². The molecule has 6 heteroatoms. The molecule has 0 radical (unpaired) electrons. The zero-order valence-corrected chi connectivity index (χ0v) is 14.3. The monoisotopic (exact) mass is 325 g/mol. The van der Waals surface area contributed by atoms with E-state index in [0.29, 0.717) is 0 Å². The fourth-order valence-electron chi connectivity index (χ4n) is 3.33. The number of hydrogen-bond donors (Lipinski definition) is 0. The van der Waals surface area contributed by atoms with Crippen LogP contribution in [-0.2, 0) is 13.1 Å². The summed E-state index contributed by atoms with van der Waals surface area (Å²) in [6.07, 6.45) is 2.16. The lowest BCUT2D eigenvalue weighted by Gasteiger charge is -2.33. The lowest BCUT2D eigenvalue weighted by molar-refractivity contribution is 0.119. The van der Waals surface area contributed by atoms with E-state index in [1.807, 2.05) is 13.0 Å². The van der Waals surface area contributed by atoms with Gasteiger partial charge in [0.05, 0.1) is 11.4 Å². The number of fused-ring (bicyclic) bond motifs is 1. The van der Waals surface area contributed by atoms with E-state index in [-0.39, 0.29) is 0 Å². The van der Waals surface area contributed by atoms with Crippen LogP contribution in [0, 0.1) is 13.8 Å². The van der Waals surface area contributed by atoms with E-state index in [9.17, 15) is 0 Å². The molecule has 1 saturated heterocycles. The smallest absolute Gasteiger partial charge is 0.137 e. The number of hydrogen-bond acceptors (Lipinski definition) is 5. The average molecular weight is 325 g/mol. The topological polar surface area (TPSA) is 49.8 Å². The fraction of sp³-hybridized carbons (Fsp3) is 0.444. The second-order valence-electron chi connectivity index (χ2n) is 6.61. The Balaban J connectivity index is 1.34. The third-order valence-corrected chi connectivity index (χ3v) is 4.66. The Kier molecular flexibility index (Phi) is 4.08. The molecule has 126 valence electrons. The van der Waals surface area contributed by atoms with Gasteiger partial charge in [0, 0.05) is 57.2 Å². The molecule has 3 aromatic rings. The molecule has 24 heavy (non-hydrogen) atoms. The summed E-state index contributed by atoms with van der Waals surface area (Å²) < 4.78 is 7.31. The minimum absolute atomic E-state index is 0.874. The van der Waals surface area contributed by atoms with Crippen LogP contribution in [0.15, 0.2) is 35.0 Å². The second kappa shape index (κ2) is 6.37. The van der Waals surface area contributed by atoms with Crippen LogP contribution in [0.25, 0.3) is 5.65 Å². The number of rotatable bonds is 4. The lowest BCUT2D eigenvalue weighted by Crippen LogP contribution is -2.45. The molecule has 0 N–H and O–H groups in total. The van der Waals surface area contributed by atoms with Crippen molar-refractivity contribution in [1.29, 1.82) is 0 Å². The number of imidazole rings is 1. The van der Waals surface area contributed by atoms with Crippen molar-refractivity contribution < 1.29 is 4.52 Å². The summed E-state index contributed by atoms with van der Waals surface area (Å²) in [6.45, 7) is 10.1. The fourth-order valence-corrected chi connectivity index (χ4v) is 3.33. The highest BCUT2D eigenvalue weighted by Crippen LogP contribution is 2.13. The van der Waals surface area contributed by atoms with E-state index in [4.69, 9.17) is 9.51 Å². The Labute approximate surface area is 141 Å². The van der Waals surface area contributed by atoms with E-state index in [1.165, 1.54) is 5.69 Å². The van der Waals surface area contributed by atoms with E-state index < -0.39 is 0 Å². The normalized spacial score (nSPS) is 16.9. The van der Waals surface area contributed by atoms with Crippen molar-refractivity contribution in [2.24, 2.45) is 0 Å². The van der Waals surface area contributed by atoms with Crippen molar-refractivity contribution >= 4 is 5.65 Å². The number of aryl methyl sites for hydroxylation is 2. The van der Waals surface area contributed by atoms with E-state index in [2.05, 4.69) is 50.7 Å². The first-order valence-corrected chi connectivity index (χ1v) is 8.48. The van der Waals surface area contributed by atoms with Gasteiger partial charge in [-0.2, -0.15) is 0 Å². The van der Waals surface area contributed by atoms with Gasteiger partial charge in [-0.3, -0.25) is 9.80 Å². The molecule has 0 bridgehead atoms. The minimum Gasteiger partial charge on any atom is -0.361 e. The van der Waals surface area contributed by atoms with Crippen LogP contribution in [0.1, 0.15) is 22.8 Å². The summed E-state index contributed by atoms with van der Waals surface area (Å²) in [5.74, 6) is 0.880. The quantitative estimate of drug-likeness (QED) is 0.736. The Morgan fingerprint density at radius 2 is 1.71 bits per heavy atom. The Morgan fingerprint density at radius 1 is 1.00 bits per heavy atom. The van der Waals surface area contributed by atoms with Gasteiger partial charge in [-0.15, -0.1) is 0 Å². The first kappa shape index (κ1) is 15.4. The zero-order chi connectivity index (χ0) is 16.5. The molecule has 0 unspecified atom stereocenters. The van der Waals surface area contributed by atoms with Gasteiger partial charge in [0.1, 0.15) is 11.4 Å². The van der Waals surface area contributed by atoms with Gasteiger partial charge in [0.2, 0.25) is 0 Å². The summed E-state index contributed by atoms with van der Waals surface area (Å²) in [5.41, 5.74) is 4.42. The summed E-state index contributed by atoms with van der Waals surface area (Å²) in [4.78, 5) is 9.65. The molecule has 0 amide bonds. The Hall–Kier alpha value is -2.18. The Bertz CT molecular complexity index is 829. The van der Waals surface area contributed by atoms with Crippen molar-refractivity contribution in [3.8, 4) is 0 Å². The maximum atomic E-state index is 5.15. The van der Waals surface area contributed by atoms with E-state index in [0.717, 1.165) is 62.1 Å². The number of nitrogens with zero attached hydrogens (tertiary/aromatic N) is 5. The molecule has 0 aromatic carbocycles. The van der Waals surface area contributed by atoms with E-state index >= 15 is 0 Å². The van der Waals surface area contributed by atoms with E-state index in [1.54, 1.807) is 0 Å². The van der Waals surface area contributed by atoms with Crippen molar-refractivity contribution in [3.05, 3.63) is 53.3 Å². The predicted molar refractivity (Wildman–Crippen MR) is 91.7 cm³/mol. The SMILES string of the molecule is Cc1cc(CN2CCN(Cc3cn4c(C)cccc4n3)CC2)no1. The van der Waals surface area contributed by atoms with Gasteiger partial charge in [-0.05, 0) is 26.0 Å². The molecule has 0 spiro atoms. The van der Waals surface area contributed by atoms with Gasteiger partial charge >= 0.3 is 0 Å². The van der Waals surface area contributed by atoms with Crippen LogP contribution in [0.5, 0.6) is 0 Å². The van der Waals surface area contributed by atoms with Crippen molar-refractivity contribution in [2.75, 3.05) is 26.2 Å². The van der Waals surface area contributed by atoms with Crippen LogP contribution in [0.3, 0.4) is 0 Å². The summed E-state index contributed by atoms with van der Waals surface area (Å²) in [6, 6.07) is 8.26. The number of pyridine rings is 1. The molecule has 1 aliphatic heterocycles. The minimum atomic E-state index is 0.874. The van der Waals surface area contributed by atoms with Crippen LogP contribution in [0.4, 0.5) is 0 Å². The largest absolute Gasteiger partial charge is 0.361 e. The van der Waals surface area contributed by atoms with Crippen molar-refractivity contribution in [1.82, 2.24) is 24.3 Å². The Morgan fingerprint density at radius 3 is 2.33 bits per heavy atom. The summed E-state index contributed by atoms with van der Waals surface area (Å²) in [5, 5.41) is 4.09. The molecular weight excluding hydrogens is 302 g/mol. The predicted octanol–water partition coefficient (Wildman–Crippen LogP) is 2.26. The molecule has 0 aliphatic carbocycles. The third-order valence-electron chi connectivity index (χ3n) is 4.66.